The van der Waals surface area contributed by atoms with Gasteiger partial charge in [-0.05, 0) is 60.0 Å². The summed E-state index contributed by atoms with van der Waals surface area (Å²) < 4.78 is 13.3. The van der Waals surface area contributed by atoms with Crippen LogP contribution in [0.15, 0.2) is 78.0 Å². The van der Waals surface area contributed by atoms with E-state index in [1.165, 1.54) is 17.7 Å². The zero-order chi connectivity index (χ0) is 17.2. The lowest BCUT2D eigenvalue weighted by Crippen LogP contribution is -1.98. The van der Waals surface area contributed by atoms with Crippen LogP contribution in [0.1, 0.15) is 28.7 Å². The number of allylic oxidation sites excluding steroid dienone is 1. The fraction of sp³-hybridized carbons (Fsp3) is 0.0909. The molecule has 2 aromatic carbocycles. The average molecular weight is 328 g/mol. The van der Waals surface area contributed by atoms with Crippen molar-refractivity contribution in [1.29, 1.82) is 0 Å². The third-order valence-electron chi connectivity index (χ3n) is 4.41. The highest BCUT2D eigenvalue weighted by Crippen LogP contribution is 2.36. The van der Waals surface area contributed by atoms with Crippen molar-refractivity contribution >= 4 is 17.0 Å². The summed E-state index contributed by atoms with van der Waals surface area (Å²) >= 11 is 0. The molecule has 0 amide bonds. The Hall–Kier alpha value is -3.07. The molecule has 0 bridgehead atoms. The molecule has 0 aliphatic carbocycles. The molecular weight excluding hydrogens is 311 g/mol. The SMILES string of the molecule is Cc1ccc(C2=NC(c3ccc(F)cc3)=C(c3ccncc3)C2)cc1. The summed E-state index contributed by atoms with van der Waals surface area (Å²) in [6, 6.07) is 18.9. The minimum atomic E-state index is -0.240. The summed E-state index contributed by atoms with van der Waals surface area (Å²) in [7, 11) is 0. The van der Waals surface area contributed by atoms with Crippen molar-refractivity contribution in [2.24, 2.45) is 4.99 Å². The molecule has 0 atom stereocenters. The van der Waals surface area contributed by atoms with Gasteiger partial charge in [-0.2, -0.15) is 0 Å². The van der Waals surface area contributed by atoms with Crippen molar-refractivity contribution in [2.75, 3.05) is 0 Å². The maximum Gasteiger partial charge on any atom is 0.123 e. The van der Waals surface area contributed by atoms with E-state index in [0.717, 1.165) is 40.1 Å². The quantitative estimate of drug-likeness (QED) is 0.641. The Balaban J connectivity index is 1.80. The monoisotopic (exact) mass is 328 g/mol. The molecule has 0 saturated carbocycles. The number of aliphatic imine (C=N–C) groups is 1. The van der Waals surface area contributed by atoms with Crippen LogP contribution in [0.3, 0.4) is 0 Å². The van der Waals surface area contributed by atoms with Crippen LogP contribution < -0.4 is 0 Å². The van der Waals surface area contributed by atoms with Gasteiger partial charge in [-0.25, -0.2) is 4.39 Å². The van der Waals surface area contributed by atoms with Crippen molar-refractivity contribution in [3.8, 4) is 0 Å². The summed E-state index contributed by atoms with van der Waals surface area (Å²) in [5.41, 5.74) is 7.45. The van der Waals surface area contributed by atoms with E-state index in [1.54, 1.807) is 24.5 Å². The number of aryl methyl sites for hydroxylation is 1. The van der Waals surface area contributed by atoms with E-state index in [9.17, 15) is 4.39 Å². The highest BCUT2D eigenvalue weighted by atomic mass is 19.1. The van der Waals surface area contributed by atoms with Gasteiger partial charge in [0.25, 0.3) is 0 Å². The van der Waals surface area contributed by atoms with Crippen LogP contribution in [0.2, 0.25) is 0 Å². The average Bonchev–Trinajstić information content (AvgIpc) is 3.09. The predicted octanol–water partition coefficient (Wildman–Crippen LogP) is 5.29. The second kappa shape index (κ2) is 6.44. The second-order valence-corrected chi connectivity index (χ2v) is 6.17. The first-order valence-corrected chi connectivity index (χ1v) is 8.25. The van der Waals surface area contributed by atoms with E-state index in [0.29, 0.717) is 0 Å². The third-order valence-corrected chi connectivity index (χ3v) is 4.41. The topological polar surface area (TPSA) is 25.2 Å². The molecule has 1 aliphatic heterocycles. The third kappa shape index (κ3) is 3.13. The highest BCUT2D eigenvalue weighted by Gasteiger charge is 2.21. The number of benzene rings is 2. The summed E-state index contributed by atoms with van der Waals surface area (Å²) in [6.07, 6.45) is 4.32. The normalized spacial score (nSPS) is 13.9. The van der Waals surface area contributed by atoms with Gasteiger partial charge in [0, 0.05) is 24.4 Å². The molecule has 0 fully saturated rings. The van der Waals surface area contributed by atoms with Gasteiger partial charge in [0.1, 0.15) is 5.82 Å². The first-order valence-electron chi connectivity index (χ1n) is 8.25. The van der Waals surface area contributed by atoms with E-state index in [2.05, 4.69) is 36.2 Å². The molecule has 3 heteroatoms. The molecule has 2 heterocycles. The molecule has 0 N–H and O–H groups in total. The van der Waals surface area contributed by atoms with E-state index in [4.69, 9.17) is 4.99 Å². The van der Waals surface area contributed by atoms with Crippen LogP contribution in [0.5, 0.6) is 0 Å². The summed E-state index contributed by atoms with van der Waals surface area (Å²) in [6.45, 7) is 2.07. The molecular formula is C22H17FN2. The van der Waals surface area contributed by atoms with E-state index in [1.807, 2.05) is 12.1 Å². The molecule has 4 rings (SSSR count). The number of nitrogens with zero attached hydrogens (tertiary/aromatic N) is 2. The van der Waals surface area contributed by atoms with Crippen molar-refractivity contribution in [3.63, 3.8) is 0 Å². The predicted molar refractivity (Wildman–Crippen MR) is 99.8 cm³/mol. The summed E-state index contributed by atoms with van der Waals surface area (Å²) in [5.74, 6) is -0.240. The fourth-order valence-corrected chi connectivity index (χ4v) is 3.04. The molecule has 1 aromatic heterocycles. The first-order chi connectivity index (χ1) is 12.2. The summed E-state index contributed by atoms with van der Waals surface area (Å²) in [4.78, 5) is 9.00. The number of halogens is 1. The van der Waals surface area contributed by atoms with Crippen molar-refractivity contribution in [3.05, 3.63) is 101 Å². The molecule has 3 aromatic rings. The second-order valence-electron chi connectivity index (χ2n) is 6.17. The Labute approximate surface area is 146 Å². The van der Waals surface area contributed by atoms with Crippen molar-refractivity contribution < 1.29 is 4.39 Å². The largest absolute Gasteiger partial charge is 0.265 e. The van der Waals surface area contributed by atoms with Crippen LogP contribution in [0, 0.1) is 12.7 Å². The summed E-state index contributed by atoms with van der Waals surface area (Å²) in [5, 5.41) is 0. The van der Waals surface area contributed by atoms with E-state index >= 15 is 0 Å². The molecule has 25 heavy (non-hydrogen) atoms. The lowest BCUT2D eigenvalue weighted by Gasteiger charge is -2.06. The zero-order valence-electron chi connectivity index (χ0n) is 13.9. The zero-order valence-corrected chi connectivity index (χ0v) is 13.9. The van der Waals surface area contributed by atoms with E-state index < -0.39 is 0 Å². The van der Waals surface area contributed by atoms with Crippen LogP contribution in [-0.2, 0) is 0 Å². The molecule has 0 spiro atoms. The van der Waals surface area contributed by atoms with Crippen molar-refractivity contribution in [2.45, 2.75) is 13.3 Å². The minimum Gasteiger partial charge on any atom is -0.265 e. The lowest BCUT2D eigenvalue weighted by atomic mass is 9.96. The van der Waals surface area contributed by atoms with E-state index in [-0.39, 0.29) is 5.82 Å². The first kappa shape index (κ1) is 15.5. The van der Waals surface area contributed by atoms with Gasteiger partial charge < -0.3 is 0 Å². The maximum absolute atomic E-state index is 13.3. The Morgan fingerprint density at radius 3 is 2.08 bits per heavy atom. The number of hydrogen-bond acceptors (Lipinski definition) is 2. The number of hydrogen-bond donors (Lipinski definition) is 0. The van der Waals surface area contributed by atoms with Crippen LogP contribution in [-0.4, -0.2) is 10.7 Å². The van der Waals surface area contributed by atoms with Crippen LogP contribution in [0.25, 0.3) is 11.3 Å². The smallest absolute Gasteiger partial charge is 0.123 e. The number of aromatic nitrogens is 1. The highest BCUT2D eigenvalue weighted by molar-refractivity contribution is 6.16. The van der Waals surface area contributed by atoms with Gasteiger partial charge in [-0.15, -0.1) is 0 Å². The minimum absolute atomic E-state index is 0.240. The van der Waals surface area contributed by atoms with Gasteiger partial charge >= 0.3 is 0 Å². The fourth-order valence-electron chi connectivity index (χ4n) is 3.04. The van der Waals surface area contributed by atoms with Crippen LogP contribution >= 0.6 is 0 Å². The Kier molecular flexibility index (Phi) is 3.98. The molecule has 0 radical (unpaired) electrons. The van der Waals surface area contributed by atoms with Crippen LogP contribution in [0.4, 0.5) is 4.39 Å². The Morgan fingerprint density at radius 2 is 1.40 bits per heavy atom. The maximum atomic E-state index is 13.3. The Bertz CT molecular complexity index is 953. The Morgan fingerprint density at radius 1 is 0.760 bits per heavy atom. The molecule has 122 valence electrons. The number of rotatable bonds is 3. The standard InChI is InChI=1S/C22H17FN2/c1-15-2-4-17(5-3-15)21-14-20(16-10-12-24-13-11-16)22(25-21)18-6-8-19(23)9-7-18/h2-13H,14H2,1H3. The lowest BCUT2D eigenvalue weighted by molar-refractivity contribution is 0.627. The van der Waals surface area contributed by atoms with Gasteiger partial charge in [0.2, 0.25) is 0 Å². The molecule has 2 nitrogen and oxygen atoms in total. The molecule has 0 saturated heterocycles. The van der Waals surface area contributed by atoms with Crippen molar-refractivity contribution in [1.82, 2.24) is 4.98 Å². The van der Waals surface area contributed by atoms with Gasteiger partial charge in [-0.1, -0.05) is 29.8 Å². The molecule has 1 aliphatic rings. The van der Waals surface area contributed by atoms with Gasteiger partial charge in [0.05, 0.1) is 11.4 Å². The number of pyridine rings is 1. The molecule has 0 unspecified atom stereocenters. The van der Waals surface area contributed by atoms with Gasteiger partial charge in [-0.3, -0.25) is 9.98 Å². The van der Waals surface area contributed by atoms with Gasteiger partial charge in [0.15, 0.2) is 0 Å².